The molecule has 88 valence electrons. The quantitative estimate of drug-likeness (QED) is 0.900. The Morgan fingerprint density at radius 1 is 1.12 bits per heavy atom. The maximum absolute atomic E-state index is 4.37. The highest BCUT2D eigenvalue weighted by Gasteiger charge is 2.06. The van der Waals surface area contributed by atoms with Crippen molar-refractivity contribution in [2.24, 2.45) is 0 Å². The molecule has 1 aromatic carbocycles. The van der Waals surface area contributed by atoms with E-state index in [4.69, 9.17) is 0 Å². The number of para-hydroxylation sites is 1. The SMILES string of the molecule is CNc1ccccc1Sc1cnc(C)nc1C. The van der Waals surface area contributed by atoms with E-state index in [-0.39, 0.29) is 0 Å². The van der Waals surface area contributed by atoms with Gasteiger partial charge in [-0.2, -0.15) is 0 Å². The highest BCUT2D eigenvalue weighted by molar-refractivity contribution is 7.99. The Hall–Kier alpha value is -1.55. The fourth-order valence-corrected chi connectivity index (χ4v) is 2.52. The van der Waals surface area contributed by atoms with E-state index in [0.717, 1.165) is 22.1 Å². The minimum absolute atomic E-state index is 0.814. The summed E-state index contributed by atoms with van der Waals surface area (Å²) in [6.45, 7) is 3.92. The van der Waals surface area contributed by atoms with Crippen LogP contribution in [0.4, 0.5) is 5.69 Å². The lowest BCUT2D eigenvalue weighted by Gasteiger charge is -2.09. The molecule has 3 nitrogen and oxygen atoms in total. The first-order chi connectivity index (χ1) is 8.20. The van der Waals surface area contributed by atoms with Gasteiger partial charge in [-0.15, -0.1) is 0 Å². The number of hydrogen-bond acceptors (Lipinski definition) is 4. The van der Waals surface area contributed by atoms with Crippen LogP contribution in [0, 0.1) is 13.8 Å². The molecule has 0 aliphatic carbocycles. The van der Waals surface area contributed by atoms with E-state index < -0.39 is 0 Å². The van der Waals surface area contributed by atoms with Gasteiger partial charge in [-0.05, 0) is 26.0 Å². The third kappa shape index (κ3) is 2.77. The van der Waals surface area contributed by atoms with Crippen molar-refractivity contribution in [3.63, 3.8) is 0 Å². The fourth-order valence-electron chi connectivity index (χ4n) is 1.55. The summed E-state index contributed by atoms with van der Waals surface area (Å²) in [5, 5.41) is 3.19. The third-order valence-corrected chi connectivity index (χ3v) is 3.63. The first-order valence-electron chi connectivity index (χ1n) is 5.45. The van der Waals surface area contributed by atoms with E-state index in [0.29, 0.717) is 0 Å². The highest BCUT2D eigenvalue weighted by atomic mass is 32.2. The summed E-state index contributed by atoms with van der Waals surface area (Å²) in [4.78, 5) is 10.9. The normalized spacial score (nSPS) is 10.3. The molecule has 0 spiro atoms. The predicted molar refractivity (Wildman–Crippen MR) is 71.6 cm³/mol. The average Bonchev–Trinajstić information content (AvgIpc) is 2.33. The van der Waals surface area contributed by atoms with E-state index >= 15 is 0 Å². The Kier molecular flexibility index (Phi) is 3.64. The zero-order valence-electron chi connectivity index (χ0n) is 10.2. The maximum Gasteiger partial charge on any atom is 0.125 e. The molecular weight excluding hydrogens is 230 g/mol. The van der Waals surface area contributed by atoms with Crippen LogP contribution in [0.2, 0.25) is 0 Å². The summed E-state index contributed by atoms with van der Waals surface area (Å²) in [5.41, 5.74) is 2.14. The van der Waals surface area contributed by atoms with Crippen LogP contribution in [0.1, 0.15) is 11.5 Å². The number of aromatic nitrogens is 2. The van der Waals surface area contributed by atoms with Gasteiger partial charge in [0, 0.05) is 23.8 Å². The molecule has 17 heavy (non-hydrogen) atoms. The highest BCUT2D eigenvalue weighted by Crippen LogP contribution is 2.33. The minimum Gasteiger partial charge on any atom is -0.387 e. The average molecular weight is 245 g/mol. The molecule has 0 aliphatic heterocycles. The molecule has 0 aliphatic rings. The fraction of sp³-hybridized carbons (Fsp3) is 0.231. The molecule has 0 saturated carbocycles. The van der Waals surface area contributed by atoms with Crippen molar-refractivity contribution >= 4 is 17.4 Å². The van der Waals surface area contributed by atoms with Crippen LogP contribution >= 0.6 is 11.8 Å². The molecule has 0 saturated heterocycles. The summed E-state index contributed by atoms with van der Waals surface area (Å²) in [7, 11) is 1.93. The summed E-state index contributed by atoms with van der Waals surface area (Å²) < 4.78 is 0. The van der Waals surface area contributed by atoms with Crippen molar-refractivity contribution in [2.75, 3.05) is 12.4 Å². The number of benzene rings is 1. The van der Waals surface area contributed by atoms with Crippen LogP contribution < -0.4 is 5.32 Å². The zero-order chi connectivity index (χ0) is 12.3. The van der Waals surface area contributed by atoms with E-state index in [1.54, 1.807) is 11.8 Å². The topological polar surface area (TPSA) is 37.8 Å². The lowest BCUT2D eigenvalue weighted by Crippen LogP contribution is -1.94. The number of anilines is 1. The first-order valence-corrected chi connectivity index (χ1v) is 6.27. The van der Waals surface area contributed by atoms with Crippen molar-refractivity contribution in [3.05, 3.63) is 42.0 Å². The molecule has 2 aromatic rings. The molecule has 0 atom stereocenters. The molecule has 0 unspecified atom stereocenters. The second kappa shape index (κ2) is 5.19. The van der Waals surface area contributed by atoms with Gasteiger partial charge in [-0.25, -0.2) is 9.97 Å². The molecule has 0 amide bonds. The van der Waals surface area contributed by atoms with Gasteiger partial charge >= 0.3 is 0 Å². The largest absolute Gasteiger partial charge is 0.387 e. The van der Waals surface area contributed by atoms with Crippen molar-refractivity contribution < 1.29 is 0 Å². The second-order valence-corrected chi connectivity index (χ2v) is 4.80. The number of nitrogens with zero attached hydrogens (tertiary/aromatic N) is 2. The van der Waals surface area contributed by atoms with Crippen LogP contribution in [0.15, 0.2) is 40.3 Å². The minimum atomic E-state index is 0.814. The monoisotopic (exact) mass is 245 g/mol. The summed E-state index contributed by atoms with van der Waals surface area (Å²) >= 11 is 1.69. The molecule has 1 aromatic heterocycles. The van der Waals surface area contributed by atoms with Crippen molar-refractivity contribution in [1.29, 1.82) is 0 Å². The molecule has 4 heteroatoms. The maximum atomic E-state index is 4.37. The Balaban J connectivity index is 2.31. The number of nitrogens with one attached hydrogen (secondary N) is 1. The molecule has 2 rings (SSSR count). The van der Waals surface area contributed by atoms with E-state index in [9.17, 15) is 0 Å². The van der Waals surface area contributed by atoms with Crippen molar-refractivity contribution in [1.82, 2.24) is 9.97 Å². The lowest BCUT2D eigenvalue weighted by atomic mass is 10.3. The first kappa shape index (κ1) is 11.9. The molecule has 0 fully saturated rings. The van der Waals surface area contributed by atoms with Gasteiger partial charge in [-0.3, -0.25) is 0 Å². The third-order valence-electron chi connectivity index (χ3n) is 2.43. The zero-order valence-corrected chi connectivity index (χ0v) is 11.0. The van der Waals surface area contributed by atoms with E-state index in [2.05, 4.69) is 27.4 Å². The van der Waals surface area contributed by atoms with Crippen molar-refractivity contribution in [3.8, 4) is 0 Å². The van der Waals surface area contributed by atoms with Gasteiger partial charge in [0.1, 0.15) is 5.82 Å². The Morgan fingerprint density at radius 3 is 2.59 bits per heavy atom. The molecular formula is C13H15N3S. The molecule has 0 radical (unpaired) electrons. The molecule has 0 bridgehead atoms. The van der Waals surface area contributed by atoms with Gasteiger partial charge in [0.05, 0.1) is 10.6 Å². The number of rotatable bonds is 3. The van der Waals surface area contributed by atoms with Crippen molar-refractivity contribution in [2.45, 2.75) is 23.6 Å². The summed E-state index contributed by atoms with van der Waals surface area (Å²) in [5.74, 6) is 0.814. The standard InChI is InChI=1S/C13H15N3S/c1-9-13(8-15-10(2)16-9)17-12-7-5-4-6-11(12)14-3/h4-8,14H,1-3H3. The molecule has 1 N–H and O–H groups in total. The van der Waals surface area contributed by atoms with Crippen LogP contribution in [0.25, 0.3) is 0 Å². The Morgan fingerprint density at radius 2 is 1.88 bits per heavy atom. The van der Waals surface area contributed by atoms with Crippen LogP contribution in [0.3, 0.4) is 0 Å². The molecule has 1 heterocycles. The second-order valence-electron chi connectivity index (χ2n) is 3.72. The van der Waals surface area contributed by atoms with Crippen LogP contribution in [-0.2, 0) is 0 Å². The van der Waals surface area contributed by atoms with E-state index in [1.165, 1.54) is 4.90 Å². The summed E-state index contributed by atoms with van der Waals surface area (Å²) in [6, 6.07) is 8.21. The Bertz CT molecular complexity index is 526. The smallest absolute Gasteiger partial charge is 0.125 e. The Labute approximate surface area is 106 Å². The van der Waals surface area contributed by atoms with E-state index in [1.807, 2.05) is 39.2 Å². The van der Waals surface area contributed by atoms with Gasteiger partial charge < -0.3 is 5.32 Å². The van der Waals surface area contributed by atoms with Gasteiger partial charge in [-0.1, -0.05) is 23.9 Å². The van der Waals surface area contributed by atoms with Crippen LogP contribution in [-0.4, -0.2) is 17.0 Å². The number of hydrogen-bond donors (Lipinski definition) is 1. The number of aryl methyl sites for hydroxylation is 2. The van der Waals surface area contributed by atoms with Gasteiger partial charge in [0.2, 0.25) is 0 Å². The van der Waals surface area contributed by atoms with Crippen LogP contribution in [0.5, 0.6) is 0 Å². The van der Waals surface area contributed by atoms with Gasteiger partial charge in [0.15, 0.2) is 0 Å². The summed E-state index contributed by atoms with van der Waals surface area (Å²) in [6.07, 6.45) is 1.88. The van der Waals surface area contributed by atoms with Gasteiger partial charge in [0.25, 0.3) is 0 Å². The predicted octanol–water partition coefficient (Wildman–Crippen LogP) is 3.29. The lowest BCUT2D eigenvalue weighted by molar-refractivity contribution is 0.958.